The predicted octanol–water partition coefficient (Wildman–Crippen LogP) is 2.98. The van der Waals surface area contributed by atoms with Crippen LogP contribution in [0.1, 0.15) is 5.56 Å². The molecule has 0 fully saturated rings. The van der Waals surface area contributed by atoms with Crippen LogP contribution in [0.25, 0.3) is 0 Å². The molecule has 0 saturated heterocycles. The number of halogens is 1. The highest BCUT2D eigenvalue weighted by atomic mass is 79.9. The molecule has 1 N–H and O–H groups in total. The monoisotopic (exact) mass is 443 g/mol. The molecule has 0 aliphatic carbocycles. The third-order valence-corrected chi connectivity index (χ3v) is 5.51. The van der Waals surface area contributed by atoms with Crippen LogP contribution in [0.15, 0.2) is 45.8 Å². The highest BCUT2D eigenvalue weighted by molar-refractivity contribution is 9.10. The Hall–Kier alpha value is -2.26. The van der Waals surface area contributed by atoms with Crippen molar-refractivity contribution >= 4 is 37.6 Å². The van der Waals surface area contributed by atoms with Gasteiger partial charge >= 0.3 is 5.97 Å². The third kappa shape index (κ3) is 4.67. The molecule has 0 aromatic heterocycles. The van der Waals surface area contributed by atoms with E-state index in [1.807, 2.05) is 0 Å². The van der Waals surface area contributed by atoms with Crippen molar-refractivity contribution in [3.8, 4) is 11.5 Å². The smallest absolute Gasteiger partial charge is 0.310 e. The van der Waals surface area contributed by atoms with Gasteiger partial charge in [-0.15, -0.1) is 0 Å². The van der Waals surface area contributed by atoms with Crippen LogP contribution in [0.4, 0.5) is 5.69 Å². The second-order valence-corrected chi connectivity index (χ2v) is 7.75. The largest absolute Gasteiger partial charge is 0.493 e. The summed E-state index contributed by atoms with van der Waals surface area (Å²) < 4.78 is 44.1. The fraction of sp³-hybridized carbons (Fsp3) is 0.235. The van der Waals surface area contributed by atoms with Gasteiger partial charge < -0.3 is 14.2 Å². The molecule has 0 aliphatic heterocycles. The van der Waals surface area contributed by atoms with Gasteiger partial charge in [0.1, 0.15) is 0 Å². The van der Waals surface area contributed by atoms with Crippen LogP contribution in [0.3, 0.4) is 0 Å². The van der Waals surface area contributed by atoms with Gasteiger partial charge in [-0.05, 0) is 35.9 Å². The number of sulfonamides is 1. The lowest BCUT2D eigenvalue weighted by Crippen LogP contribution is -2.17. The lowest BCUT2D eigenvalue weighted by Gasteiger charge is -2.16. The molecule has 2 aromatic carbocycles. The summed E-state index contributed by atoms with van der Waals surface area (Å²) in [4.78, 5) is 11.6. The minimum Gasteiger partial charge on any atom is -0.493 e. The van der Waals surface area contributed by atoms with Crippen molar-refractivity contribution in [1.29, 1.82) is 0 Å². The molecule has 0 saturated carbocycles. The van der Waals surface area contributed by atoms with Crippen molar-refractivity contribution in [2.45, 2.75) is 11.3 Å². The number of rotatable bonds is 7. The van der Waals surface area contributed by atoms with E-state index in [0.29, 0.717) is 11.4 Å². The lowest BCUT2D eigenvalue weighted by molar-refractivity contribution is -0.139. The van der Waals surface area contributed by atoms with Crippen LogP contribution in [0.5, 0.6) is 11.5 Å². The Morgan fingerprint density at radius 1 is 1.04 bits per heavy atom. The standard InChI is InChI=1S/C17H18BrNO6S/c1-23-14-8-11(9-17(20)25-3)16(10-15(14)24-2)26(21,22)19-13-6-4-12(18)5-7-13/h4-8,10,19H,9H2,1-3H3. The summed E-state index contributed by atoms with van der Waals surface area (Å²) in [5, 5.41) is 0. The normalized spacial score (nSPS) is 10.9. The molecule has 0 aliphatic rings. The minimum atomic E-state index is -3.98. The van der Waals surface area contributed by atoms with Crippen molar-refractivity contribution in [3.05, 3.63) is 46.4 Å². The molecular weight excluding hydrogens is 426 g/mol. The van der Waals surface area contributed by atoms with Gasteiger partial charge in [0.25, 0.3) is 10.0 Å². The van der Waals surface area contributed by atoms with Gasteiger partial charge in [-0.3, -0.25) is 9.52 Å². The third-order valence-electron chi connectivity index (χ3n) is 3.52. The van der Waals surface area contributed by atoms with E-state index in [4.69, 9.17) is 9.47 Å². The average Bonchev–Trinajstić information content (AvgIpc) is 2.62. The number of nitrogens with one attached hydrogen (secondary N) is 1. The molecule has 0 amide bonds. The summed E-state index contributed by atoms with van der Waals surface area (Å²) in [6.07, 6.45) is -0.229. The predicted molar refractivity (Wildman–Crippen MR) is 100 cm³/mol. The zero-order valence-electron chi connectivity index (χ0n) is 14.4. The first-order chi connectivity index (χ1) is 12.3. The van der Waals surface area contributed by atoms with E-state index in [1.165, 1.54) is 33.5 Å². The van der Waals surface area contributed by atoms with Crippen LogP contribution in [-0.2, 0) is 26.0 Å². The first-order valence-corrected chi connectivity index (χ1v) is 9.68. The molecule has 0 radical (unpaired) electrons. The van der Waals surface area contributed by atoms with Crippen molar-refractivity contribution in [1.82, 2.24) is 0 Å². The van der Waals surface area contributed by atoms with Crippen molar-refractivity contribution in [3.63, 3.8) is 0 Å². The molecule has 7 nitrogen and oxygen atoms in total. The lowest BCUT2D eigenvalue weighted by atomic mass is 10.1. The summed E-state index contributed by atoms with van der Waals surface area (Å²) in [6.45, 7) is 0. The summed E-state index contributed by atoms with van der Waals surface area (Å²) in [5.74, 6) is -0.0244. The summed E-state index contributed by atoms with van der Waals surface area (Å²) in [5.41, 5.74) is 0.617. The van der Waals surface area contributed by atoms with Crippen LogP contribution >= 0.6 is 15.9 Å². The number of carbonyl (C=O) groups excluding carboxylic acids is 1. The molecule has 26 heavy (non-hydrogen) atoms. The summed E-state index contributed by atoms with van der Waals surface area (Å²) in [7, 11) is 0.0804. The van der Waals surface area contributed by atoms with Gasteiger partial charge in [-0.25, -0.2) is 8.42 Å². The molecule has 140 valence electrons. The Bertz CT molecular complexity index is 896. The number of methoxy groups -OCH3 is 3. The highest BCUT2D eigenvalue weighted by Gasteiger charge is 2.24. The van der Waals surface area contributed by atoms with E-state index >= 15 is 0 Å². The summed E-state index contributed by atoms with van der Waals surface area (Å²) in [6, 6.07) is 9.42. The van der Waals surface area contributed by atoms with Crippen LogP contribution in [0.2, 0.25) is 0 Å². The molecule has 2 rings (SSSR count). The number of hydrogen-bond acceptors (Lipinski definition) is 6. The van der Waals surface area contributed by atoms with Gasteiger partial charge in [0, 0.05) is 16.2 Å². The van der Waals surface area contributed by atoms with Gasteiger partial charge in [-0.1, -0.05) is 15.9 Å². The Balaban J connectivity index is 2.52. The van der Waals surface area contributed by atoms with E-state index < -0.39 is 16.0 Å². The Morgan fingerprint density at radius 3 is 2.15 bits per heavy atom. The first kappa shape index (κ1) is 20.1. The number of hydrogen-bond donors (Lipinski definition) is 1. The van der Waals surface area contributed by atoms with E-state index in [2.05, 4.69) is 25.4 Å². The van der Waals surface area contributed by atoms with Crippen molar-refractivity contribution in [2.75, 3.05) is 26.1 Å². The molecule has 0 atom stereocenters. The van der Waals surface area contributed by atoms with Gasteiger partial charge in [-0.2, -0.15) is 0 Å². The number of carbonyl (C=O) groups is 1. The van der Waals surface area contributed by atoms with Crippen molar-refractivity contribution in [2.24, 2.45) is 0 Å². The number of anilines is 1. The number of esters is 1. The SMILES string of the molecule is COC(=O)Cc1cc(OC)c(OC)cc1S(=O)(=O)Nc1ccc(Br)cc1. The van der Waals surface area contributed by atoms with Gasteiger partial charge in [0.2, 0.25) is 0 Å². The zero-order valence-corrected chi connectivity index (χ0v) is 16.8. The van der Waals surface area contributed by atoms with E-state index in [-0.39, 0.29) is 22.6 Å². The summed E-state index contributed by atoms with van der Waals surface area (Å²) >= 11 is 3.29. The van der Waals surface area contributed by atoms with E-state index in [0.717, 1.165) is 4.47 Å². The maximum absolute atomic E-state index is 12.9. The average molecular weight is 444 g/mol. The highest BCUT2D eigenvalue weighted by Crippen LogP contribution is 2.34. The van der Waals surface area contributed by atoms with Crippen molar-refractivity contribution < 1.29 is 27.4 Å². The maximum atomic E-state index is 12.9. The molecular formula is C17H18BrNO6S. The Morgan fingerprint density at radius 2 is 1.62 bits per heavy atom. The topological polar surface area (TPSA) is 90.9 Å². The zero-order chi connectivity index (χ0) is 19.3. The molecule has 0 spiro atoms. The molecule has 0 bridgehead atoms. The first-order valence-electron chi connectivity index (χ1n) is 7.40. The van der Waals surface area contributed by atoms with Crippen LogP contribution < -0.4 is 14.2 Å². The molecule has 0 unspecified atom stereocenters. The van der Waals surface area contributed by atoms with Crippen LogP contribution in [0, 0.1) is 0 Å². The number of ether oxygens (including phenoxy) is 3. The molecule has 0 heterocycles. The Kier molecular flexibility index (Phi) is 6.49. The fourth-order valence-electron chi connectivity index (χ4n) is 2.25. The van der Waals surface area contributed by atoms with Gasteiger partial charge in [0.05, 0.1) is 32.6 Å². The fourth-order valence-corrected chi connectivity index (χ4v) is 3.81. The van der Waals surface area contributed by atoms with E-state index in [1.54, 1.807) is 24.3 Å². The van der Waals surface area contributed by atoms with Gasteiger partial charge in [0.15, 0.2) is 11.5 Å². The second kappa shape index (κ2) is 8.41. The minimum absolute atomic E-state index is 0.0940. The van der Waals surface area contributed by atoms with Crippen LogP contribution in [-0.4, -0.2) is 35.7 Å². The Labute approximate surface area is 160 Å². The molecule has 9 heteroatoms. The molecule has 2 aromatic rings. The maximum Gasteiger partial charge on any atom is 0.310 e. The quantitative estimate of drug-likeness (QED) is 0.661. The number of benzene rings is 2. The van der Waals surface area contributed by atoms with E-state index in [9.17, 15) is 13.2 Å². The second-order valence-electron chi connectivity index (χ2n) is 5.18.